The fourth-order valence-corrected chi connectivity index (χ4v) is 9.81. The van der Waals surface area contributed by atoms with Crippen molar-refractivity contribution in [3.8, 4) is 61.3 Å². The highest BCUT2D eigenvalue weighted by Crippen LogP contribution is 2.44. The number of hydrogen-bond acceptors (Lipinski definition) is 1. The molecular formula is C64H44N2. The normalized spacial score (nSPS) is 11.3. The zero-order valence-electron chi connectivity index (χ0n) is 36.3. The molecule has 0 aliphatic carbocycles. The maximum absolute atomic E-state index is 2.42. The number of anilines is 3. The summed E-state index contributed by atoms with van der Waals surface area (Å²) in [5.74, 6) is 0. The van der Waals surface area contributed by atoms with Crippen molar-refractivity contribution in [2.24, 2.45) is 0 Å². The van der Waals surface area contributed by atoms with Gasteiger partial charge in [0.1, 0.15) is 0 Å². The van der Waals surface area contributed by atoms with Gasteiger partial charge in [0.15, 0.2) is 0 Å². The minimum absolute atomic E-state index is 1.08. The highest BCUT2D eigenvalue weighted by atomic mass is 15.1. The lowest BCUT2D eigenvalue weighted by atomic mass is 9.93. The van der Waals surface area contributed by atoms with E-state index in [0.717, 1.165) is 33.9 Å². The van der Waals surface area contributed by atoms with Gasteiger partial charge in [-0.1, -0.05) is 188 Å². The average molecular weight is 841 g/mol. The van der Waals surface area contributed by atoms with E-state index in [1.165, 1.54) is 77.1 Å². The Balaban J connectivity index is 1.01. The molecule has 0 bridgehead atoms. The van der Waals surface area contributed by atoms with Gasteiger partial charge in [0.05, 0.1) is 11.0 Å². The Morgan fingerprint density at radius 1 is 0.258 bits per heavy atom. The second-order valence-electron chi connectivity index (χ2n) is 16.9. The van der Waals surface area contributed by atoms with Gasteiger partial charge in [0.25, 0.3) is 0 Å². The summed E-state index contributed by atoms with van der Waals surface area (Å²) in [6, 6.07) is 96.9. The molecule has 0 radical (unpaired) electrons. The van der Waals surface area contributed by atoms with E-state index in [0.29, 0.717) is 0 Å². The lowest BCUT2D eigenvalue weighted by Crippen LogP contribution is -2.10. The van der Waals surface area contributed by atoms with Gasteiger partial charge in [-0.15, -0.1) is 0 Å². The maximum Gasteiger partial charge on any atom is 0.0547 e. The highest BCUT2D eigenvalue weighted by Gasteiger charge is 2.20. The van der Waals surface area contributed by atoms with E-state index >= 15 is 0 Å². The van der Waals surface area contributed by atoms with Crippen molar-refractivity contribution >= 4 is 49.6 Å². The molecule has 0 aliphatic heterocycles. The Morgan fingerprint density at radius 2 is 0.712 bits per heavy atom. The molecule has 0 saturated heterocycles. The van der Waals surface area contributed by atoms with Crippen LogP contribution in [0.15, 0.2) is 267 Å². The van der Waals surface area contributed by atoms with Gasteiger partial charge >= 0.3 is 0 Å². The summed E-state index contributed by atoms with van der Waals surface area (Å²) in [7, 11) is 0. The lowest BCUT2D eigenvalue weighted by Gasteiger charge is -2.26. The molecule has 0 aliphatic rings. The summed E-state index contributed by atoms with van der Waals surface area (Å²) in [6.07, 6.45) is 0. The van der Waals surface area contributed by atoms with E-state index in [-0.39, 0.29) is 0 Å². The van der Waals surface area contributed by atoms with Gasteiger partial charge in [-0.05, 0) is 145 Å². The van der Waals surface area contributed by atoms with Crippen LogP contribution in [0.1, 0.15) is 0 Å². The van der Waals surface area contributed by atoms with Crippen molar-refractivity contribution in [2.75, 3.05) is 4.90 Å². The minimum atomic E-state index is 1.08. The van der Waals surface area contributed by atoms with Crippen LogP contribution in [0.2, 0.25) is 0 Å². The number of nitrogens with zero attached hydrogens (tertiary/aromatic N) is 2. The fourth-order valence-electron chi connectivity index (χ4n) is 9.81. The van der Waals surface area contributed by atoms with E-state index in [2.05, 4.69) is 276 Å². The topological polar surface area (TPSA) is 8.17 Å². The molecule has 0 spiro atoms. The average Bonchev–Trinajstić information content (AvgIpc) is 3.75. The first-order valence-electron chi connectivity index (χ1n) is 22.7. The molecule has 0 N–H and O–H groups in total. The van der Waals surface area contributed by atoms with Crippen LogP contribution in [0.5, 0.6) is 0 Å². The molecule has 0 fully saturated rings. The number of hydrogen-bond donors (Lipinski definition) is 0. The van der Waals surface area contributed by atoms with E-state index < -0.39 is 0 Å². The third kappa shape index (κ3) is 7.12. The smallest absolute Gasteiger partial charge is 0.0547 e. The molecular weight excluding hydrogens is 797 g/mol. The molecule has 0 amide bonds. The molecule has 2 nitrogen and oxygen atoms in total. The van der Waals surface area contributed by atoms with Gasteiger partial charge in [-0.3, -0.25) is 0 Å². The van der Waals surface area contributed by atoms with E-state index in [1.807, 2.05) is 0 Å². The summed E-state index contributed by atoms with van der Waals surface area (Å²) >= 11 is 0. The van der Waals surface area contributed by atoms with Crippen LogP contribution in [0.25, 0.3) is 93.9 Å². The van der Waals surface area contributed by atoms with Crippen LogP contribution < -0.4 is 4.90 Å². The monoisotopic (exact) mass is 840 g/mol. The Hall–Kier alpha value is -8.72. The molecule has 0 saturated carbocycles. The molecule has 310 valence electrons. The molecule has 11 aromatic carbocycles. The standard InChI is InChI=1S/C64H44N2/c1-5-17-45(18-6-1)48-31-36-56(37-32-48)65(57-38-33-49(34-39-57)54-42-52(46-19-7-2-8-20-46)41-53(43-54)47-21-9-3-10-22-47)58-27-15-24-51(44-58)60-29-16-30-61-64(60)63-59-28-14-13-23-50(59)35-40-62(63)66(61)55-25-11-4-12-26-55/h1-44H. The quantitative estimate of drug-likeness (QED) is 0.141. The number of aromatic nitrogens is 1. The highest BCUT2D eigenvalue weighted by molar-refractivity contribution is 6.25. The Bertz CT molecular complexity index is 3590. The molecule has 0 atom stereocenters. The molecule has 0 unspecified atom stereocenters. The largest absolute Gasteiger partial charge is 0.310 e. The van der Waals surface area contributed by atoms with E-state index in [9.17, 15) is 0 Å². The van der Waals surface area contributed by atoms with Gasteiger partial charge in [-0.25, -0.2) is 0 Å². The number of fused-ring (bicyclic) bond motifs is 5. The zero-order valence-corrected chi connectivity index (χ0v) is 36.3. The predicted octanol–water partition coefficient (Wildman–Crippen LogP) is 17.7. The summed E-state index contributed by atoms with van der Waals surface area (Å²) in [5.41, 5.74) is 18.7. The van der Waals surface area contributed by atoms with Gasteiger partial charge in [0, 0.05) is 33.5 Å². The van der Waals surface area contributed by atoms with Crippen molar-refractivity contribution < 1.29 is 0 Å². The van der Waals surface area contributed by atoms with E-state index in [1.54, 1.807) is 0 Å². The van der Waals surface area contributed by atoms with Crippen LogP contribution in [-0.4, -0.2) is 4.57 Å². The number of rotatable bonds is 9. The number of benzene rings is 11. The molecule has 2 heteroatoms. The first kappa shape index (κ1) is 38.9. The summed E-state index contributed by atoms with van der Waals surface area (Å²) in [5, 5.41) is 5.01. The van der Waals surface area contributed by atoms with Crippen molar-refractivity contribution in [3.63, 3.8) is 0 Å². The van der Waals surface area contributed by atoms with Crippen molar-refractivity contribution in [1.82, 2.24) is 4.57 Å². The molecule has 1 heterocycles. The second-order valence-corrected chi connectivity index (χ2v) is 16.9. The fraction of sp³-hybridized carbons (Fsp3) is 0. The van der Waals surface area contributed by atoms with Crippen LogP contribution in [0.4, 0.5) is 17.1 Å². The summed E-state index contributed by atoms with van der Waals surface area (Å²) in [6.45, 7) is 0. The maximum atomic E-state index is 2.42. The summed E-state index contributed by atoms with van der Waals surface area (Å²) in [4.78, 5) is 2.39. The van der Waals surface area contributed by atoms with Crippen LogP contribution >= 0.6 is 0 Å². The SMILES string of the molecule is c1ccc(-c2ccc(N(c3ccc(-c4cc(-c5ccccc5)cc(-c5ccccc5)c4)cc3)c3cccc(-c4cccc5c4c4c6ccccc6ccc4n5-c4ccccc4)c3)cc2)cc1. The van der Waals surface area contributed by atoms with Gasteiger partial charge < -0.3 is 9.47 Å². The molecule has 1 aromatic heterocycles. The second kappa shape index (κ2) is 16.8. The molecule has 66 heavy (non-hydrogen) atoms. The van der Waals surface area contributed by atoms with Crippen molar-refractivity contribution in [2.45, 2.75) is 0 Å². The third-order valence-corrected chi connectivity index (χ3v) is 12.9. The Labute approximate surface area is 385 Å². The third-order valence-electron chi connectivity index (χ3n) is 12.9. The van der Waals surface area contributed by atoms with Crippen LogP contribution in [0.3, 0.4) is 0 Å². The summed E-state index contributed by atoms with van der Waals surface area (Å²) < 4.78 is 2.42. The van der Waals surface area contributed by atoms with E-state index in [4.69, 9.17) is 0 Å². The van der Waals surface area contributed by atoms with Crippen LogP contribution in [0, 0.1) is 0 Å². The van der Waals surface area contributed by atoms with Crippen molar-refractivity contribution in [3.05, 3.63) is 267 Å². The van der Waals surface area contributed by atoms with Gasteiger partial charge in [0.2, 0.25) is 0 Å². The van der Waals surface area contributed by atoms with Crippen molar-refractivity contribution in [1.29, 1.82) is 0 Å². The van der Waals surface area contributed by atoms with Crippen LogP contribution in [-0.2, 0) is 0 Å². The first-order chi connectivity index (χ1) is 32.7. The minimum Gasteiger partial charge on any atom is -0.310 e. The Morgan fingerprint density at radius 3 is 1.30 bits per heavy atom. The first-order valence-corrected chi connectivity index (χ1v) is 22.7. The Kier molecular flexibility index (Phi) is 9.89. The van der Waals surface area contributed by atoms with Gasteiger partial charge in [-0.2, -0.15) is 0 Å². The molecule has 12 rings (SSSR count). The zero-order chi connectivity index (χ0) is 43.8. The predicted molar refractivity (Wildman–Crippen MR) is 280 cm³/mol. The molecule has 12 aromatic rings. The lowest BCUT2D eigenvalue weighted by molar-refractivity contribution is 1.18. The number of para-hydroxylation sites is 1.